The fourth-order valence-corrected chi connectivity index (χ4v) is 5.56. The van der Waals surface area contributed by atoms with Crippen molar-refractivity contribution in [2.75, 3.05) is 13.7 Å². The monoisotopic (exact) mass is 380 g/mol. The van der Waals surface area contributed by atoms with E-state index in [4.69, 9.17) is 9.72 Å². The van der Waals surface area contributed by atoms with Gasteiger partial charge in [0.25, 0.3) is 0 Å². The topological polar surface area (TPSA) is 51.1 Å². The van der Waals surface area contributed by atoms with Crippen molar-refractivity contribution >= 4 is 21.6 Å². The first-order chi connectivity index (χ1) is 13.2. The third-order valence-electron chi connectivity index (χ3n) is 6.08. The van der Waals surface area contributed by atoms with Gasteiger partial charge in [0.1, 0.15) is 0 Å². The summed E-state index contributed by atoms with van der Waals surface area (Å²) in [6.07, 6.45) is 8.87. The number of aromatic nitrogens is 3. The molecular weight excluding hydrogens is 356 g/mol. The van der Waals surface area contributed by atoms with Gasteiger partial charge in [-0.15, -0.1) is 11.3 Å². The molecule has 3 aromatic rings. The normalized spacial score (nSPS) is 25.6. The lowest BCUT2D eigenvalue weighted by molar-refractivity contribution is 0.103. The second-order valence-corrected chi connectivity index (χ2v) is 8.81. The van der Waals surface area contributed by atoms with Crippen molar-refractivity contribution in [3.63, 3.8) is 0 Å². The second kappa shape index (κ2) is 6.84. The lowest BCUT2D eigenvalue weighted by atomic mass is 9.79. The summed E-state index contributed by atoms with van der Waals surface area (Å²) < 4.78 is 6.29. The van der Waals surface area contributed by atoms with E-state index < -0.39 is 0 Å². The van der Waals surface area contributed by atoms with E-state index in [0.717, 1.165) is 28.7 Å². The SMILES string of the molecule is COc1ncc(-c2ccc3nc(C4CC(N5CCC[C@H]5C)C4)sc3c2)cn1. The largest absolute Gasteiger partial charge is 0.467 e. The average Bonchev–Trinajstić information content (AvgIpc) is 3.26. The second-order valence-electron chi connectivity index (χ2n) is 7.74. The van der Waals surface area contributed by atoms with Crippen molar-refractivity contribution in [3.8, 4) is 17.1 Å². The van der Waals surface area contributed by atoms with E-state index in [-0.39, 0.29) is 0 Å². The highest BCUT2D eigenvalue weighted by Crippen LogP contribution is 2.44. The van der Waals surface area contributed by atoms with E-state index in [2.05, 4.69) is 40.0 Å². The summed E-state index contributed by atoms with van der Waals surface area (Å²) >= 11 is 1.85. The molecule has 1 atom stereocenters. The molecule has 6 heteroatoms. The molecule has 140 valence electrons. The number of thiazole rings is 1. The summed E-state index contributed by atoms with van der Waals surface area (Å²) in [6.45, 7) is 3.66. The van der Waals surface area contributed by atoms with Gasteiger partial charge in [-0.25, -0.2) is 15.0 Å². The third-order valence-corrected chi connectivity index (χ3v) is 7.27. The number of nitrogens with zero attached hydrogens (tertiary/aromatic N) is 4. The minimum Gasteiger partial charge on any atom is -0.467 e. The van der Waals surface area contributed by atoms with Gasteiger partial charge in [-0.05, 0) is 56.8 Å². The van der Waals surface area contributed by atoms with Gasteiger partial charge in [0.2, 0.25) is 0 Å². The Bertz CT molecular complexity index is 948. The molecule has 27 heavy (non-hydrogen) atoms. The van der Waals surface area contributed by atoms with Crippen LogP contribution in [0.2, 0.25) is 0 Å². The average molecular weight is 381 g/mol. The van der Waals surface area contributed by atoms with E-state index in [1.165, 1.54) is 41.9 Å². The number of methoxy groups -OCH3 is 1. The van der Waals surface area contributed by atoms with E-state index in [1.54, 1.807) is 7.11 Å². The van der Waals surface area contributed by atoms with Crippen LogP contribution in [0.1, 0.15) is 43.5 Å². The Kier molecular flexibility index (Phi) is 4.32. The number of ether oxygens (including phenoxy) is 1. The van der Waals surface area contributed by atoms with Gasteiger partial charge in [0, 0.05) is 36.0 Å². The van der Waals surface area contributed by atoms with Crippen molar-refractivity contribution in [3.05, 3.63) is 35.6 Å². The number of likely N-dealkylation sites (tertiary alicyclic amines) is 1. The number of fused-ring (bicyclic) bond motifs is 1. The summed E-state index contributed by atoms with van der Waals surface area (Å²) in [6, 6.07) is 8.36. The maximum Gasteiger partial charge on any atom is 0.316 e. The van der Waals surface area contributed by atoms with Crippen LogP contribution < -0.4 is 4.74 Å². The highest BCUT2D eigenvalue weighted by molar-refractivity contribution is 7.18. The molecule has 1 saturated heterocycles. The zero-order chi connectivity index (χ0) is 18.4. The van der Waals surface area contributed by atoms with Crippen molar-refractivity contribution in [2.24, 2.45) is 0 Å². The van der Waals surface area contributed by atoms with E-state index in [9.17, 15) is 0 Å². The molecule has 5 nitrogen and oxygen atoms in total. The van der Waals surface area contributed by atoms with E-state index in [0.29, 0.717) is 11.9 Å². The minimum absolute atomic E-state index is 0.395. The quantitative estimate of drug-likeness (QED) is 0.667. The maximum atomic E-state index is 5.04. The fraction of sp³-hybridized carbons (Fsp3) is 0.476. The Morgan fingerprint density at radius 1 is 1.15 bits per heavy atom. The van der Waals surface area contributed by atoms with Crippen LogP contribution in [0.3, 0.4) is 0 Å². The molecule has 1 aliphatic carbocycles. The Morgan fingerprint density at radius 2 is 1.96 bits per heavy atom. The summed E-state index contributed by atoms with van der Waals surface area (Å²) in [5, 5.41) is 1.30. The highest BCUT2D eigenvalue weighted by atomic mass is 32.1. The predicted octanol–water partition coefficient (Wildman–Crippen LogP) is 4.49. The van der Waals surface area contributed by atoms with Crippen LogP contribution in [0.4, 0.5) is 0 Å². The molecule has 0 radical (unpaired) electrons. The molecule has 0 bridgehead atoms. The summed E-state index contributed by atoms with van der Waals surface area (Å²) in [4.78, 5) is 16.1. The lowest BCUT2D eigenvalue weighted by Gasteiger charge is -2.42. The van der Waals surface area contributed by atoms with Crippen molar-refractivity contribution in [1.82, 2.24) is 19.9 Å². The zero-order valence-corrected chi connectivity index (χ0v) is 16.6. The molecule has 1 saturated carbocycles. The first-order valence-corrected chi connectivity index (χ1v) is 10.6. The lowest BCUT2D eigenvalue weighted by Crippen LogP contribution is -2.45. The molecule has 1 aromatic carbocycles. The Hall–Kier alpha value is -2.05. The molecule has 3 heterocycles. The standard InChI is InChI=1S/C21H24N4OS/c1-13-4-3-7-25(13)17-8-15(9-17)20-24-18-6-5-14(10-19(18)27-20)16-11-22-21(26-2)23-12-16/h5-6,10-13,15,17H,3-4,7-9H2,1-2H3/t13-,15?,17?/m1/s1. The number of rotatable bonds is 4. The van der Waals surface area contributed by atoms with Gasteiger partial charge in [-0.1, -0.05) is 6.07 Å². The maximum absolute atomic E-state index is 5.04. The molecule has 2 fully saturated rings. The Labute approximate surface area is 163 Å². The van der Waals surface area contributed by atoms with E-state index in [1.807, 2.05) is 23.7 Å². The molecule has 0 N–H and O–H groups in total. The van der Waals surface area contributed by atoms with Crippen LogP contribution in [0.5, 0.6) is 6.01 Å². The Balaban J connectivity index is 1.34. The predicted molar refractivity (Wildman–Crippen MR) is 108 cm³/mol. The summed E-state index contributed by atoms with van der Waals surface area (Å²) in [7, 11) is 1.58. The molecular formula is C21H24N4OS. The van der Waals surface area contributed by atoms with Crippen LogP contribution in [-0.4, -0.2) is 45.6 Å². The van der Waals surface area contributed by atoms with Gasteiger partial charge >= 0.3 is 6.01 Å². The van der Waals surface area contributed by atoms with Crippen LogP contribution in [0, 0.1) is 0 Å². The van der Waals surface area contributed by atoms with Gasteiger partial charge in [-0.3, -0.25) is 4.90 Å². The number of benzene rings is 1. The van der Waals surface area contributed by atoms with Gasteiger partial charge in [0.15, 0.2) is 0 Å². The van der Waals surface area contributed by atoms with Crippen LogP contribution in [0.25, 0.3) is 21.3 Å². The third kappa shape index (κ3) is 3.11. The molecule has 1 aliphatic heterocycles. The molecule has 0 amide bonds. The zero-order valence-electron chi connectivity index (χ0n) is 15.8. The molecule has 0 spiro atoms. The minimum atomic E-state index is 0.395. The first-order valence-electron chi connectivity index (χ1n) is 9.74. The highest BCUT2D eigenvalue weighted by Gasteiger charge is 2.39. The van der Waals surface area contributed by atoms with Gasteiger partial charge < -0.3 is 4.74 Å². The summed E-state index contributed by atoms with van der Waals surface area (Å²) in [5.41, 5.74) is 3.23. The van der Waals surface area contributed by atoms with Gasteiger partial charge in [0.05, 0.1) is 22.3 Å². The smallest absolute Gasteiger partial charge is 0.316 e. The number of hydrogen-bond acceptors (Lipinski definition) is 6. The Morgan fingerprint density at radius 3 is 2.67 bits per heavy atom. The van der Waals surface area contributed by atoms with Crippen LogP contribution in [-0.2, 0) is 0 Å². The molecule has 2 aliphatic rings. The molecule has 0 unspecified atom stereocenters. The number of hydrogen-bond donors (Lipinski definition) is 0. The van der Waals surface area contributed by atoms with Crippen molar-refractivity contribution < 1.29 is 4.74 Å². The summed E-state index contributed by atoms with van der Waals surface area (Å²) in [5.74, 6) is 0.632. The van der Waals surface area contributed by atoms with E-state index >= 15 is 0 Å². The fourth-order valence-electron chi connectivity index (χ4n) is 4.43. The first kappa shape index (κ1) is 17.1. The molecule has 2 aromatic heterocycles. The van der Waals surface area contributed by atoms with Crippen molar-refractivity contribution in [1.29, 1.82) is 0 Å². The van der Waals surface area contributed by atoms with Crippen LogP contribution >= 0.6 is 11.3 Å². The van der Waals surface area contributed by atoms with Gasteiger partial charge in [-0.2, -0.15) is 0 Å². The van der Waals surface area contributed by atoms with Crippen molar-refractivity contribution in [2.45, 2.75) is 50.6 Å². The molecule has 5 rings (SSSR count). The van der Waals surface area contributed by atoms with Crippen LogP contribution in [0.15, 0.2) is 30.6 Å².